The first kappa shape index (κ1) is 47.0. The van der Waals surface area contributed by atoms with Crippen molar-refractivity contribution < 1.29 is 0 Å². The molecule has 0 saturated heterocycles. The van der Waals surface area contributed by atoms with E-state index in [1.165, 1.54) is 80.1 Å². The van der Waals surface area contributed by atoms with Crippen LogP contribution in [0.4, 0.5) is 34.1 Å². The Morgan fingerprint density at radius 3 is 1.51 bits per heavy atom. The second-order valence-corrected chi connectivity index (χ2v) is 22.5. The third-order valence-corrected chi connectivity index (χ3v) is 17.8. The van der Waals surface area contributed by atoms with Crippen LogP contribution in [-0.4, -0.2) is 0 Å². The fourth-order valence-corrected chi connectivity index (χ4v) is 14.4. The van der Waals surface area contributed by atoms with E-state index in [2.05, 4.69) is 254 Å². The molecular weight excluding hydrogens is 989 g/mol. The van der Waals surface area contributed by atoms with Gasteiger partial charge in [0.15, 0.2) is 0 Å². The smallest absolute Gasteiger partial charge is 0.0992 e. The summed E-state index contributed by atoms with van der Waals surface area (Å²) in [5.74, 6) is 0. The maximum Gasteiger partial charge on any atom is 0.0992 e. The lowest BCUT2D eigenvalue weighted by atomic mass is 9.81. The van der Waals surface area contributed by atoms with Crippen LogP contribution in [0.5, 0.6) is 0 Å². The lowest BCUT2D eigenvalue weighted by Crippen LogP contribution is -2.16. The van der Waals surface area contributed by atoms with E-state index in [-0.39, 0.29) is 5.41 Å². The second-order valence-electron chi connectivity index (χ2n) is 21.5. The molecule has 1 aliphatic rings. The van der Waals surface area contributed by atoms with Gasteiger partial charge in [0.05, 0.1) is 29.0 Å². The molecule has 1 aromatic heterocycles. The zero-order valence-electron chi connectivity index (χ0n) is 43.9. The number of thiophene rings is 1. The number of anilines is 6. The van der Waals surface area contributed by atoms with Gasteiger partial charge in [0.2, 0.25) is 0 Å². The zero-order valence-corrected chi connectivity index (χ0v) is 44.8. The first-order chi connectivity index (χ1) is 39.3. The summed E-state index contributed by atoms with van der Waals surface area (Å²) in [4.78, 5) is 4.68. The molecule has 4 nitrogen and oxygen atoms in total. The topological polar surface area (TPSA) is 54.1 Å². The molecule has 1 aliphatic carbocycles. The van der Waals surface area contributed by atoms with Crippen LogP contribution in [0.25, 0.3) is 96.6 Å². The van der Waals surface area contributed by atoms with Gasteiger partial charge in [0.1, 0.15) is 0 Å². The van der Waals surface area contributed by atoms with Gasteiger partial charge in [-0.05, 0) is 168 Å². The first-order valence-electron chi connectivity index (χ1n) is 27.1. The quantitative estimate of drug-likeness (QED) is 0.142. The number of fused-ring (bicyclic) bond motifs is 14. The van der Waals surface area contributed by atoms with Crippen molar-refractivity contribution in [3.63, 3.8) is 0 Å². The highest BCUT2D eigenvalue weighted by molar-refractivity contribution is 7.27. The summed E-state index contributed by atoms with van der Waals surface area (Å²) in [6.07, 6.45) is 0. The van der Waals surface area contributed by atoms with E-state index < -0.39 is 0 Å². The summed E-state index contributed by atoms with van der Waals surface area (Å²) in [7, 11) is 0. The van der Waals surface area contributed by atoms with Crippen molar-refractivity contribution >= 4 is 109 Å². The summed E-state index contributed by atoms with van der Waals surface area (Å²) < 4.78 is 2.51. The van der Waals surface area contributed by atoms with E-state index >= 15 is 0 Å². The molecule has 15 rings (SSSR count). The number of nitriles is 2. The fraction of sp³-hybridized carbons (Fsp3) is 0.0400. The van der Waals surface area contributed by atoms with Crippen molar-refractivity contribution in [1.29, 1.82) is 10.5 Å². The summed E-state index contributed by atoms with van der Waals surface area (Å²) in [5, 5.41) is 32.6. The van der Waals surface area contributed by atoms with Crippen molar-refractivity contribution in [2.75, 3.05) is 9.80 Å². The molecule has 0 saturated carbocycles. The van der Waals surface area contributed by atoms with Crippen molar-refractivity contribution in [1.82, 2.24) is 0 Å². The van der Waals surface area contributed by atoms with Crippen LogP contribution < -0.4 is 9.80 Å². The molecule has 0 atom stereocenters. The molecule has 0 fully saturated rings. The van der Waals surface area contributed by atoms with E-state index in [9.17, 15) is 10.5 Å². The molecule has 0 N–H and O–H groups in total. The lowest BCUT2D eigenvalue weighted by Gasteiger charge is -2.30. The van der Waals surface area contributed by atoms with Gasteiger partial charge in [-0.1, -0.05) is 178 Å². The van der Waals surface area contributed by atoms with E-state index in [4.69, 9.17) is 0 Å². The highest BCUT2D eigenvalue weighted by atomic mass is 32.1. The van der Waals surface area contributed by atoms with Crippen molar-refractivity contribution in [2.24, 2.45) is 0 Å². The van der Waals surface area contributed by atoms with Gasteiger partial charge in [-0.25, -0.2) is 0 Å². The fourth-order valence-electron chi connectivity index (χ4n) is 12.8. The van der Waals surface area contributed by atoms with Crippen LogP contribution in [0.1, 0.15) is 36.1 Å². The van der Waals surface area contributed by atoms with Gasteiger partial charge in [-0.3, -0.25) is 0 Å². The van der Waals surface area contributed by atoms with E-state index in [1.54, 1.807) is 0 Å². The molecule has 14 aromatic rings. The molecule has 0 bridgehead atoms. The van der Waals surface area contributed by atoms with Crippen molar-refractivity contribution in [3.8, 4) is 45.5 Å². The summed E-state index contributed by atoms with van der Waals surface area (Å²) in [6, 6.07) is 96.0. The Morgan fingerprint density at radius 2 is 0.875 bits per heavy atom. The van der Waals surface area contributed by atoms with E-state index in [0.29, 0.717) is 11.1 Å². The third-order valence-electron chi connectivity index (χ3n) is 16.5. The molecule has 80 heavy (non-hydrogen) atoms. The Hall–Kier alpha value is -10.3. The molecule has 0 radical (unpaired) electrons. The Labute approximate surface area is 468 Å². The van der Waals surface area contributed by atoms with Crippen LogP contribution >= 0.6 is 11.3 Å². The lowest BCUT2D eigenvalue weighted by molar-refractivity contribution is 0.667. The standard InChI is InChI=1S/C75H48N4S/c1-75(2)68-30-10-9-29-65(68)71-69(79(58-24-12-16-48(38-58)46-77)60-26-14-22-54(42-60)56-34-32-50-18-4-6-20-52(50)40-56)44-67-70-63-28-8-7-27-62(63)66-43-61(35-36-64(66)73(70)80-74(67)72(71)75)78(57-23-11-15-47(37-57)45-76)59-25-13-21-53(41-59)55-33-31-49-17-3-5-19-51(49)39-55/h3-44H,1-2H3. The number of rotatable bonds is 8. The molecule has 0 amide bonds. The van der Waals surface area contributed by atoms with Crippen LogP contribution in [0.15, 0.2) is 255 Å². The Balaban J connectivity index is 0.977. The predicted octanol–water partition coefficient (Wildman–Crippen LogP) is 21.0. The predicted molar refractivity (Wildman–Crippen MR) is 337 cm³/mol. The van der Waals surface area contributed by atoms with E-state index in [1.807, 2.05) is 47.7 Å². The maximum absolute atomic E-state index is 10.4. The third kappa shape index (κ3) is 7.48. The minimum absolute atomic E-state index is 0.354. The summed E-state index contributed by atoms with van der Waals surface area (Å²) in [6.45, 7) is 4.78. The maximum atomic E-state index is 10.4. The van der Waals surface area contributed by atoms with Gasteiger partial charge in [0.25, 0.3) is 0 Å². The highest BCUT2D eigenvalue weighted by Gasteiger charge is 2.41. The van der Waals surface area contributed by atoms with Crippen molar-refractivity contribution in [2.45, 2.75) is 19.3 Å². The zero-order chi connectivity index (χ0) is 53.6. The number of benzene rings is 13. The molecule has 0 aliphatic heterocycles. The molecule has 0 unspecified atom stereocenters. The Bertz CT molecular complexity index is 4990. The summed E-state index contributed by atoms with van der Waals surface area (Å²) >= 11 is 1.90. The number of nitrogens with zero attached hydrogens (tertiary/aromatic N) is 4. The number of hydrogen-bond donors (Lipinski definition) is 0. The van der Waals surface area contributed by atoms with Gasteiger partial charge in [-0.15, -0.1) is 11.3 Å². The van der Waals surface area contributed by atoms with Gasteiger partial charge < -0.3 is 9.80 Å². The molecule has 0 spiro atoms. The normalized spacial score (nSPS) is 12.4. The van der Waals surface area contributed by atoms with Gasteiger partial charge in [-0.2, -0.15) is 10.5 Å². The summed E-state index contributed by atoms with van der Waals surface area (Å²) in [5.41, 5.74) is 16.3. The minimum atomic E-state index is -0.354. The number of hydrogen-bond acceptors (Lipinski definition) is 5. The SMILES string of the molecule is CC1(C)c2ccccc2-c2c(N(c3cccc(C#N)c3)c3cccc(-c4ccc5ccccc5c4)c3)cc3c(sc4c5ccc(N(c6cccc(C#N)c6)c6cccc(-c7ccc8ccccc8c7)c6)cc5c5ccccc5c34)c21. The molecule has 13 aromatic carbocycles. The van der Waals surface area contributed by atoms with E-state index in [0.717, 1.165) is 61.8 Å². The monoisotopic (exact) mass is 1040 g/mol. The molecule has 5 heteroatoms. The Morgan fingerprint density at radius 1 is 0.362 bits per heavy atom. The van der Waals surface area contributed by atoms with Crippen LogP contribution in [-0.2, 0) is 5.41 Å². The molecule has 1 heterocycles. The molecular formula is C75H48N4S. The molecule has 374 valence electrons. The van der Waals surface area contributed by atoms with Gasteiger partial charge >= 0.3 is 0 Å². The van der Waals surface area contributed by atoms with Crippen LogP contribution in [0.3, 0.4) is 0 Å². The van der Waals surface area contributed by atoms with Crippen molar-refractivity contribution in [3.05, 3.63) is 277 Å². The second kappa shape index (κ2) is 18.4. The van der Waals surface area contributed by atoms with Crippen LogP contribution in [0, 0.1) is 22.7 Å². The van der Waals surface area contributed by atoms with Crippen LogP contribution in [0.2, 0.25) is 0 Å². The largest absolute Gasteiger partial charge is 0.310 e. The average Bonchev–Trinajstić information content (AvgIpc) is 3.28. The minimum Gasteiger partial charge on any atom is -0.310 e. The average molecular weight is 1040 g/mol. The Kier molecular flexibility index (Phi) is 10.8. The first-order valence-corrected chi connectivity index (χ1v) is 27.9. The van der Waals surface area contributed by atoms with Gasteiger partial charge in [0, 0.05) is 65.0 Å². The highest BCUT2D eigenvalue weighted by Crippen LogP contribution is 2.60.